The van der Waals surface area contributed by atoms with Crippen LogP contribution in [0, 0.1) is 16.9 Å². The van der Waals surface area contributed by atoms with Gasteiger partial charge in [0, 0.05) is 12.6 Å². The maximum atomic E-state index is 14.5. The molecule has 29 heavy (non-hydrogen) atoms. The summed E-state index contributed by atoms with van der Waals surface area (Å²) in [4.78, 5) is 2.89. The van der Waals surface area contributed by atoms with Gasteiger partial charge in [-0.05, 0) is 37.9 Å². The molecule has 1 aliphatic rings. The highest BCUT2D eigenvalue weighted by Gasteiger charge is 2.51. The second-order valence-electron chi connectivity index (χ2n) is 6.60. The van der Waals surface area contributed by atoms with Crippen LogP contribution >= 0.6 is 46.1 Å². The fourth-order valence-corrected chi connectivity index (χ4v) is 5.47. The number of thiazole rings is 1. The Kier molecular flexibility index (Phi) is 6.82. The van der Waals surface area contributed by atoms with Crippen LogP contribution in [0.4, 0.5) is 19.6 Å². The van der Waals surface area contributed by atoms with Crippen LogP contribution in [0.3, 0.4) is 0 Å². The Morgan fingerprint density at radius 3 is 2.62 bits per heavy atom. The molecule has 0 amide bonds. The Balaban J connectivity index is 1.70. The molecule has 1 fully saturated rings. The van der Waals surface area contributed by atoms with E-state index in [0.717, 1.165) is 24.8 Å². The number of rotatable bonds is 9. The van der Waals surface area contributed by atoms with Crippen molar-refractivity contribution in [3.8, 4) is 0 Å². The summed E-state index contributed by atoms with van der Waals surface area (Å²) in [6.07, 6.45) is 2.29. The smallest absolute Gasteiger partial charge is 0.266 e. The van der Waals surface area contributed by atoms with Gasteiger partial charge in [-0.2, -0.15) is 4.39 Å². The van der Waals surface area contributed by atoms with Gasteiger partial charge in [0.05, 0.1) is 16.9 Å². The van der Waals surface area contributed by atoms with Crippen molar-refractivity contribution in [3.05, 3.63) is 34.3 Å². The molecule has 1 aromatic carbocycles. The van der Waals surface area contributed by atoms with Crippen molar-refractivity contribution < 1.29 is 17.2 Å². The second-order valence-corrected chi connectivity index (χ2v) is 11.2. The molecule has 2 aromatic rings. The van der Waals surface area contributed by atoms with E-state index in [-0.39, 0.29) is 27.8 Å². The second kappa shape index (κ2) is 8.68. The van der Waals surface area contributed by atoms with E-state index in [9.17, 15) is 17.2 Å². The fraction of sp³-hybridized carbons (Fsp3) is 0.438. The molecule has 13 heteroatoms. The number of likely N-dealkylation sites (N-methyl/N-ethyl adjacent to an activating group) is 1. The highest BCUT2D eigenvalue weighted by molar-refractivity contribution is 7.93. The Morgan fingerprint density at radius 1 is 1.38 bits per heavy atom. The van der Waals surface area contributed by atoms with Gasteiger partial charge >= 0.3 is 0 Å². The average Bonchev–Trinajstić information content (AvgIpc) is 3.02. The van der Waals surface area contributed by atoms with E-state index in [1.54, 1.807) is 7.05 Å². The van der Waals surface area contributed by atoms with Gasteiger partial charge in [0.25, 0.3) is 10.0 Å². The lowest BCUT2D eigenvalue weighted by Crippen LogP contribution is -2.33. The van der Waals surface area contributed by atoms with E-state index in [1.165, 1.54) is 0 Å². The van der Waals surface area contributed by atoms with E-state index in [1.807, 2.05) is 4.72 Å². The lowest BCUT2D eigenvalue weighted by Gasteiger charge is -2.19. The summed E-state index contributed by atoms with van der Waals surface area (Å²) >= 11 is 18.7. The van der Waals surface area contributed by atoms with E-state index < -0.39 is 30.2 Å². The number of sulfonamides is 1. The Labute approximate surface area is 186 Å². The molecule has 6 nitrogen and oxygen atoms in total. The number of nitrogens with zero attached hydrogens (tertiary/aromatic N) is 1. The molecule has 1 saturated carbocycles. The minimum atomic E-state index is -4.32. The van der Waals surface area contributed by atoms with Crippen LogP contribution in [0.25, 0.3) is 0 Å². The number of benzene rings is 1. The first-order valence-electron chi connectivity index (χ1n) is 8.44. The molecule has 160 valence electrons. The predicted octanol–water partition coefficient (Wildman–Crippen LogP) is 4.46. The van der Waals surface area contributed by atoms with Crippen LogP contribution in [0.5, 0.6) is 0 Å². The zero-order valence-electron chi connectivity index (χ0n) is 15.0. The van der Waals surface area contributed by atoms with E-state index in [4.69, 9.17) is 34.8 Å². The predicted molar refractivity (Wildman–Crippen MR) is 113 cm³/mol. The maximum Gasteiger partial charge on any atom is 0.266 e. The standard InChI is InChI=1S/C16H17Cl3F2N4O2S2/c1-22-9(2-8-5-16(8,18)19)6-23-12-4-11(20)13(3-10(12)17)29(26,27)25-15-24-7-14(21)28-15/h3-4,7-9,22-23H,2,5-6H2,1H3,(H,24,25). The third-order valence-corrected chi connectivity index (χ3v) is 7.91. The minimum absolute atomic E-state index is 0.00313. The molecule has 0 spiro atoms. The monoisotopic (exact) mass is 504 g/mol. The number of halogens is 5. The summed E-state index contributed by atoms with van der Waals surface area (Å²) in [6, 6.07) is 1.99. The van der Waals surface area contributed by atoms with Gasteiger partial charge in [-0.25, -0.2) is 17.8 Å². The zero-order chi connectivity index (χ0) is 21.4. The molecule has 2 atom stereocenters. The van der Waals surface area contributed by atoms with Gasteiger partial charge in [0.2, 0.25) is 0 Å². The number of alkyl halides is 2. The average molecular weight is 506 g/mol. The molecule has 1 aromatic heterocycles. The van der Waals surface area contributed by atoms with Crippen molar-refractivity contribution in [2.75, 3.05) is 23.6 Å². The van der Waals surface area contributed by atoms with E-state index in [0.29, 0.717) is 24.3 Å². The summed E-state index contributed by atoms with van der Waals surface area (Å²) in [5.41, 5.74) is 0.238. The summed E-state index contributed by atoms with van der Waals surface area (Å²) in [7, 11) is -2.54. The summed E-state index contributed by atoms with van der Waals surface area (Å²) in [6.45, 7) is 0.402. The highest BCUT2D eigenvalue weighted by Crippen LogP contribution is 2.55. The van der Waals surface area contributed by atoms with Crippen molar-refractivity contribution in [2.24, 2.45) is 5.92 Å². The largest absolute Gasteiger partial charge is 0.382 e. The van der Waals surface area contributed by atoms with Crippen molar-refractivity contribution in [1.82, 2.24) is 10.3 Å². The molecular weight excluding hydrogens is 489 g/mol. The Bertz CT molecular complexity index is 1000. The van der Waals surface area contributed by atoms with Crippen molar-refractivity contribution in [3.63, 3.8) is 0 Å². The van der Waals surface area contributed by atoms with Gasteiger partial charge in [-0.1, -0.05) is 22.9 Å². The molecule has 0 saturated heterocycles. The molecule has 1 heterocycles. The topological polar surface area (TPSA) is 83.1 Å². The molecule has 0 aliphatic heterocycles. The van der Waals surface area contributed by atoms with Crippen molar-refractivity contribution in [1.29, 1.82) is 0 Å². The van der Waals surface area contributed by atoms with Crippen LogP contribution in [0.15, 0.2) is 23.2 Å². The van der Waals surface area contributed by atoms with Crippen LogP contribution < -0.4 is 15.4 Å². The Hall–Kier alpha value is -0.910. The zero-order valence-corrected chi connectivity index (χ0v) is 18.9. The van der Waals surface area contributed by atoms with Gasteiger partial charge < -0.3 is 10.6 Å². The van der Waals surface area contributed by atoms with Crippen LogP contribution in [0.1, 0.15) is 12.8 Å². The third kappa shape index (κ3) is 5.62. The number of hydrogen-bond acceptors (Lipinski definition) is 6. The SMILES string of the molecule is CNC(CNc1cc(F)c(S(=O)(=O)Nc2ncc(F)s2)cc1Cl)CC1CC1(Cl)Cl. The van der Waals surface area contributed by atoms with Gasteiger partial charge in [0.15, 0.2) is 10.3 Å². The molecule has 0 bridgehead atoms. The lowest BCUT2D eigenvalue weighted by molar-refractivity contribution is 0.509. The molecular formula is C16H17Cl3F2N4O2S2. The highest BCUT2D eigenvalue weighted by atomic mass is 35.5. The normalized spacial score (nSPS) is 19.0. The Morgan fingerprint density at radius 2 is 2.07 bits per heavy atom. The fourth-order valence-electron chi connectivity index (χ4n) is 2.75. The third-order valence-electron chi connectivity index (χ3n) is 4.48. The van der Waals surface area contributed by atoms with Gasteiger partial charge in [-0.3, -0.25) is 4.72 Å². The molecule has 3 rings (SSSR count). The lowest BCUT2D eigenvalue weighted by atomic mass is 10.1. The molecule has 0 radical (unpaired) electrons. The summed E-state index contributed by atoms with van der Waals surface area (Å²) in [5.74, 6) is -0.836. The minimum Gasteiger partial charge on any atom is -0.382 e. The van der Waals surface area contributed by atoms with Crippen molar-refractivity contribution >= 4 is 67.0 Å². The quantitative estimate of drug-likeness (QED) is 0.438. The first-order chi connectivity index (χ1) is 13.5. The van der Waals surface area contributed by atoms with Gasteiger partial charge in [-0.15, -0.1) is 23.2 Å². The van der Waals surface area contributed by atoms with Gasteiger partial charge in [0.1, 0.15) is 15.0 Å². The van der Waals surface area contributed by atoms with Crippen molar-refractivity contribution in [2.45, 2.75) is 28.1 Å². The molecule has 2 unspecified atom stereocenters. The number of aromatic nitrogens is 1. The first-order valence-corrected chi connectivity index (χ1v) is 11.9. The summed E-state index contributed by atoms with van der Waals surface area (Å²) < 4.78 is 53.6. The van der Waals surface area contributed by atoms with Crippen LogP contribution in [0.2, 0.25) is 5.02 Å². The first kappa shape index (κ1) is 22.8. The van der Waals surface area contributed by atoms with Crippen LogP contribution in [-0.4, -0.2) is 37.4 Å². The summed E-state index contributed by atoms with van der Waals surface area (Å²) in [5, 5.41) is 5.25. The number of anilines is 2. The maximum absolute atomic E-state index is 14.5. The molecule has 1 aliphatic carbocycles. The number of hydrogen-bond donors (Lipinski definition) is 3. The van der Waals surface area contributed by atoms with Crippen LogP contribution in [-0.2, 0) is 10.0 Å². The van der Waals surface area contributed by atoms with E-state index in [2.05, 4.69) is 15.6 Å². The van der Waals surface area contributed by atoms with E-state index >= 15 is 0 Å². The number of nitrogens with one attached hydrogen (secondary N) is 3. The molecule has 3 N–H and O–H groups in total.